The summed E-state index contributed by atoms with van der Waals surface area (Å²) in [4.78, 5) is 8.78. The molecule has 19 heavy (non-hydrogen) atoms. The molecule has 0 aliphatic carbocycles. The summed E-state index contributed by atoms with van der Waals surface area (Å²) < 4.78 is 25.6. The summed E-state index contributed by atoms with van der Waals surface area (Å²) in [6.45, 7) is 0. The van der Waals surface area contributed by atoms with Gasteiger partial charge in [-0.2, -0.15) is 0 Å². The van der Waals surface area contributed by atoms with E-state index in [4.69, 9.17) is 5.73 Å². The molecule has 2 aromatic rings. The van der Waals surface area contributed by atoms with E-state index in [0.29, 0.717) is 0 Å². The Morgan fingerprint density at radius 3 is 2.68 bits per heavy atom. The lowest BCUT2D eigenvalue weighted by Gasteiger charge is -2.08. The standard InChI is InChI=1S/C11H12N4O2S2/c1-13-19(16,17)10-3-2-8(6-9(10)12)18-11-4-5-14-7-15-11/h2-7,13H,12H2,1H3. The van der Waals surface area contributed by atoms with E-state index in [0.717, 1.165) is 9.92 Å². The van der Waals surface area contributed by atoms with Gasteiger partial charge >= 0.3 is 0 Å². The van der Waals surface area contributed by atoms with Crippen molar-refractivity contribution < 1.29 is 8.42 Å². The molecule has 0 unspecified atom stereocenters. The van der Waals surface area contributed by atoms with Crippen LogP contribution in [0.15, 0.2) is 51.6 Å². The largest absolute Gasteiger partial charge is 0.398 e. The Bertz CT molecular complexity index is 674. The summed E-state index contributed by atoms with van der Waals surface area (Å²) in [5.41, 5.74) is 5.97. The van der Waals surface area contributed by atoms with E-state index in [9.17, 15) is 8.42 Å². The molecule has 1 aromatic carbocycles. The van der Waals surface area contributed by atoms with Crippen LogP contribution in [0.3, 0.4) is 0 Å². The molecule has 0 aliphatic heterocycles. The first-order valence-corrected chi connectivity index (χ1v) is 7.60. The van der Waals surface area contributed by atoms with Gasteiger partial charge in [-0.15, -0.1) is 0 Å². The molecule has 0 fully saturated rings. The molecule has 0 bridgehead atoms. The number of nitrogens with zero attached hydrogens (tertiary/aromatic N) is 2. The van der Waals surface area contributed by atoms with E-state index in [-0.39, 0.29) is 10.6 Å². The van der Waals surface area contributed by atoms with Gasteiger partial charge in [-0.25, -0.2) is 23.1 Å². The summed E-state index contributed by atoms with van der Waals surface area (Å²) >= 11 is 1.38. The van der Waals surface area contributed by atoms with Crippen LogP contribution >= 0.6 is 11.8 Å². The van der Waals surface area contributed by atoms with Crippen molar-refractivity contribution in [2.45, 2.75) is 14.8 Å². The van der Waals surface area contributed by atoms with Crippen LogP contribution in [0.25, 0.3) is 0 Å². The minimum Gasteiger partial charge on any atom is -0.398 e. The Kier molecular flexibility index (Phi) is 4.03. The lowest BCUT2D eigenvalue weighted by molar-refractivity contribution is 0.588. The van der Waals surface area contributed by atoms with Gasteiger partial charge in [0.05, 0.1) is 5.69 Å². The highest BCUT2D eigenvalue weighted by molar-refractivity contribution is 7.99. The molecule has 0 atom stereocenters. The third-order valence-electron chi connectivity index (χ3n) is 2.32. The number of rotatable bonds is 4. The number of nitrogens with one attached hydrogen (secondary N) is 1. The van der Waals surface area contributed by atoms with Gasteiger partial charge in [0.1, 0.15) is 16.2 Å². The summed E-state index contributed by atoms with van der Waals surface area (Å²) in [6.07, 6.45) is 3.09. The average Bonchev–Trinajstić information content (AvgIpc) is 2.39. The van der Waals surface area contributed by atoms with Gasteiger partial charge in [0.15, 0.2) is 0 Å². The Morgan fingerprint density at radius 2 is 2.11 bits per heavy atom. The number of hydrogen-bond acceptors (Lipinski definition) is 6. The Balaban J connectivity index is 2.30. The minimum absolute atomic E-state index is 0.0713. The highest BCUT2D eigenvalue weighted by Crippen LogP contribution is 2.29. The lowest BCUT2D eigenvalue weighted by Crippen LogP contribution is -2.19. The molecule has 0 radical (unpaired) electrons. The van der Waals surface area contributed by atoms with Gasteiger partial charge in [0.2, 0.25) is 10.0 Å². The average molecular weight is 296 g/mol. The molecule has 8 heteroatoms. The summed E-state index contributed by atoms with van der Waals surface area (Å²) in [7, 11) is -2.18. The summed E-state index contributed by atoms with van der Waals surface area (Å²) in [5, 5.41) is 0.763. The van der Waals surface area contributed by atoms with Gasteiger partial charge in [-0.1, -0.05) is 11.8 Å². The van der Waals surface area contributed by atoms with Crippen molar-refractivity contribution in [2.75, 3.05) is 12.8 Å². The van der Waals surface area contributed by atoms with Gasteiger partial charge in [-0.05, 0) is 31.3 Å². The second-order valence-corrected chi connectivity index (χ2v) is 6.51. The number of benzene rings is 1. The fourth-order valence-electron chi connectivity index (χ4n) is 1.40. The second kappa shape index (κ2) is 5.55. The first-order valence-electron chi connectivity index (χ1n) is 5.30. The lowest BCUT2D eigenvalue weighted by atomic mass is 10.3. The maximum absolute atomic E-state index is 11.7. The van der Waals surface area contributed by atoms with Crippen molar-refractivity contribution >= 4 is 27.5 Å². The molecule has 0 saturated carbocycles. The molecule has 0 amide bonds. The highest BCUT2D eigenvalue weighted by atomic mass is 32.2. The zero-order chi connectivity index (χ0) is 13.9. The normalized spacial score (nSPS) is 11.4. The van der Waals surface area contributed by atoms with Crippen LogP contribution in [-0.2, 0) is 10.0 Å². The minimum atomic E-state index is -3.53. The van der Waals surface area contributed by atoms with Crippen LogP contribution in [0, 0.1) is 0 Å². The molecule has 2 rings (SSSR count). The van der Waals surface area contributed by atoms with E-state index >= 15 is 0 Å². The molecular weight excluding hydrogens is 284 g/mol. The molecule has 1 aromatic heterocycles. The SMILES string of the molecule is CNS(=O)(=O)c1ccc(Sc2ccncn2)cc1N. The highest BCUT2D eigenvalue weighted by Gasteiger charge is 2.15. The van der Waals surface area contributed by atoms with Crippen molar-refractivity contribution in [1.82, 2.24) is 14.7 Å². The fourth-order valence-corrected chi connectivity index (χ4v) is 3.03. The Morgan fingerprint density at radius 1 is 1.32 bits per heavy atom. The molecule has 0 aliphatic rings. The summed E-state index contributed by atoms with van der Waals surface area (Å²) in [5.74, 6) is 0. The molecular formula is C11H12N4O2S2. The van der Waals surface area contributed by atoms with Crippen LogP contribution in [0.5, 0.6) is 0 Å². The zero-order valence-corrected chi connectivity index (χ0v) is 11.7. The number of aromatic nitrogens is 2. The maximum atomic E-state index is 11.7. The second-order valence-electron chi connectivity index (χ2n) is 3.56. The van der Waals surface area contributed by atoms with Crippen LogP contribution in [0.4, 0.5) is 5.69 Å². The number of nitrogen functional groups attached to an aromatic ring is 1. The molecule has 3 N–H and O–H groups in total. The molecule has 100 valence electrons. The number of hydrogen-bond donors (Lipinski definition) is 2. The van der Waals surface area contributed by atoms with Crippen molar-refractivity contribution in [3.63, 3.8) is 0 Å². The summed E-state index contributed by atoms with van der Waals surface area (Å²) in [6, 6.07) is 6.54. The third kappa shape index (κ3) is 3.22. The van der Waals surface area contributed by atoms with E-state index in [1.807, 2.05) is 0 Å². The van der Waals surface area contributed by atoms with E-state index in [1.54, 1.807) is 24.4 Å². The van der Waals surface area contributed by atoms with Crippen LogP contribution < -0.4 is 10.5 Å². The third-order valence-corrected chi connectivity index (χ3v) is 4.75. The molecule has 0 saturated heterocycles. The Hall–Kier alpha value is -1.64. The van der Waals surface area contributed by atoms with Crippen LogP contribution in [-0.4, -0.2) is 25.4 Å². The molecule has 6 nitrogen and oxygen atoms in total. The monoisotopic (exact) mass is 296 g/mol. The number of sulfonamides is 1. The van der Waals surface area contributed by atoms with Gasteiger partial charge in [0, 0.05) is 11.1 Å². The molecule has 1 heterocycles. The van der Waals surface area contributed by atoms with Gasteiger partial charge in [-0.3, -0.25) is 0 Å². The smallest absolute Gasteiger partial charge is 0.242 e. The maximum Gasteiger partial charge on any atom is 0.242 e. The van der Waals surface area contributed by atoms with Crippen molar-refractivity contribution in [3.05, 3.63) is 36.8 Å². The fraction of sp³-hybridized carbons (Fsp3) is 0.0909. The van der Waals surface area contributed by atoms with E-state index in [1.165, 1.54) is 31.2 Å². The topological polar surface area (TPSA) is 98.0 Å². The van der Waals surface area contributed by atoms with Crippen molar-refractivity contribution in [3.8, 4) is 0 Å². The zero-order valence-electron chi connectivity index (χ0n) is 10.1. The molecule has 0 spiro atoms. The predicted molar refractivity (Wildman–Crippen MR) is 73.3 cm³/mol. The van der Waals surface area contributed by atoms with Crippen LogP contribution in [0.1, 0.15) is 0 Å². The first-order chi connectivity index (χ1) is 9.03. The van der Waals surface area contributed by atoms with Gasteiger partial charge < -0.3 is 5.73 Å². The first kappa shape index (κ1) is 13.8. The predicted octanol–water partition coefficient (Wildman–Crippen LogP) is 1.12. The van der Waals surface area contributed by atoms with E-state index < -0.39 is 10.0 Å². The number of nitrogens with two attached hydrogens (primary N) is 1. The van der Waals surface area contributed by atoms with Gasteiger partial charge in [0.25, 0.3) is 0 Å². The van der Waals surface area contributed by atoms with Crippen LogP contribution in [0.2, 0.25) is 0 Å². The quantitative estimate of drug-likeness (QED) is 0.648. The van der Waals surface area contributed by atoms with Crippen molar-refractivity contribution in [1.29, 1.82) is 0 Å². The van der Waals surface area contributed by atoms with E-state index in [2.05, 4.69) is 14.7 Å². The Labute approximate surface area is 115 Å². The number of anilines is 1. The van der Waals surface area contributed by atoms with Crippen molar-refractivity contribution in [2.24, 2.45) is 0 Å².